The molecule has 0 bridgehead atoms. The van der Waals surface area contributed by atoms with Crippen LogP contribution in [0.15, 0.2) is 35.3 Å². The van der Waals surface area contributed by atoms with Crippen molar-refractivity contribution >= 4 is 29.9 Å². The number of piperazine rings is 1. The lowest BCUT2D eigenvalue weighted by Crippen LogP contribution is -2.57. The minimum atomic E-state index is -4.19. The summed E-state index contributed by atoms with van der Waals surface area (Å²) in [6.45, 7) is 6.86. The number of aliphatic imine (C=N–C) groups is 1. The third-order valence-corrected chi connectivity index (χ3v) is 5.97. The number of hydrogen-bond acceptors (Lipinski definition) is 4. The highest BCUT2D eigenvalue weighted by atomic mass is 127. The number of guanidine groups is 1. The fourth-order valence-corrected chi connectivity index (χ4v) is 4.07. The zero-order valence-corrected chi connectivity index (χ0v) is 20.5. The maximum Gasteiger partial charge on any atom is 0.403 e. The summed E-state index contributed by atoms with van der Waals surface area (Å²) in [7, 11) is 1.72. The molecule has 0 spiro atoms. The van der Waals surface area contributed by atoms with Crippen LogP contribution in [0.5, 0.6) is 0 Å². The Labute approximate surface area is 199 Å². The van der Waals surface area contributed by atoms with Gasteiger partial charge in [-0.25, -0.2) is 0 Å². The highest BCUT2D eigenvalue weighted by Crippen LogP contribution is 2.25. The van der Waals surface area contributed by atoms with Gasteiger partial charge in [0, 0.05) is 52.9 Å². The monoisotopic (exact) mass is 555 g/mol. The smallest absolute Gasteiger partial charge is 0.379 e. The summed E-state index contributed by atoms with van der Waals surface area (Å²) in [5.74, 6) is 0.739. The second kappa shape index (κ2) is 12.2. The van der Waals surface area contributed by atoms with Crippen LogP contribution in [0, 0.1) is 0 Å². The number of hydrogen-bond donors (Lipinski definition) is 1. The van der Waals surface area contributed by atoms with Crippen molar-refractivity contribution in [3.05, 3.63) is 35.9 Å². The fraction of sp³-hybridized carbons (Fsp3) is 0.667. The first-order chi connectivity index (χ1) is 14.4. The second-order valence-corrected chi connectivity index (χ2v) is 7.74. The second-order valence-electron chi connectivity index (χ2n) is 7.74. The van der Waals surface area contributed by atoms with Crippen LogP contribution < -0.4 is 5.32 Å². The molecule has 3 rings (SSSR count). The first kappa shape index (κ1) is 26.1. The standard InChI is InChI=1S/C21H32F3N5O.HI/c1-17(21(22,23)24)27-8-10-29(11-9-27)20(25-2)26-16-19(18-6-4-3-5-7-18)28-12-14-30-15-13-28;/h3-7,17,19H,8-16H2,1-2H3,(H,25,26);1H. The van der Waals surface area contributed by atoms with Gasteiger partial charge < -0.3 is 15.0 Å². The zero-order valence-electron chi connectivity index (χ0n) is 18.1. The van der Waals surface area contributed by atoms with E-state index in [4.69, 9.17) is 4.74 Å². The first-order valence-electron chi connectivity index (χ1n) is 10.5. The van der Waals surface area contributed by atoms with Gasteiger partial charge >= 0.3 is 6.18 Å². The van der Waals surface area contributed by atoms with Crippen LogP contribution >= 0.6 is 24.0 Å². The average molecular weight is 555 g/mol. The van der Waals surface area contributed by atoms with Gasteiger partial charge in [-0.1, -0.05) is 30.3 Å². The van der Waals surface area contributed by atoms with Crippen molar-refractivity contribution in [2.24, 2.45) is 4.99 Å². The van der Waals surface area contributed by atoms with Crippen LogP contribution in [0.1, 0.15) is 18.5 Å². The summed E-state index contributed by atoms with van der Waals surface area (Å²) in [5, 5.41) is 3.46. The molecule has 0 aliphatic carbocycles. The summed E-state index contributed by atoms with van der Waals surface area (Å²) in [4.78, 5) is 10.3. The summed E-state index contributed by atoms with van der Waals surface area (Å²) in [6.07, 6.45) is -4.19. The predicted octanol–water partition coefficient (Wildman–Crippen LogP) is 2.82. The molecule has 1 aromatic carbocycles. The molecule has 0 saturated carbocycles. The van der Waals surface area contributed by atoms with Crippen LogP contribution in [0.2, 0.25) is 0 Å². The van der Waals surface area contributed by atoms with Crippen molar-refractivity contribution in [3.8, 4) is 0 Å². The Morgan fingerprint density at radius 3 is 2.19 bits per heavy atom. The van der Waals surface area contributed by atoms with Crippen molar-refractivity contribution in [1.82, 2.24) is 20.0 Å². The molecular weight excluding hydrogens is 522 g/mol. The van der Waals surface area contributed by atoms with E-state index in [1.165, 1.54) is 17.4 Å². The third kappa shape index (κ3) is 7.19. The van der Waals surface area contributed by atoms with Crippen LogP contribution in [-0.2, 0) is 4.74 Å². The number of alkyl halides is 3. The molecule has 2 aliphatic heterocycles. The molecule has 1 aromatic rings. The molecule has 10 heteroatoms. The Morgan fingerprint density at radius 2 is 1.65 bits per heavy atom. The maximum absolute atomic E-state index is 13.0. The van der Waals surface area contributed by atoms with Crippen LogP contribution in [0.3, 0.4) is 0 Å². The molecular formula is C21H33F3IN5O. The van der Waals surface area contributed by atoms with Gasteiger partial charge in [-0.05, 0) is 12.5 Å². The van der Waals surface area contributed by atoms with Gasteiger partial charge in [-0.15, -0.1) is 24.0 Å². The Hall–Kier alpha value is -1.11. The maximum atomic E-state index is 13.0. The molecule has 176 valence electrons. The minimum Gasteiger partial charge on any atom is -0.379 e. The van der Waals surface area contributed by atoms with Crippen molar-refractivity contribution in [2.45, 2.75) is 25.2 Å². The van der Waals surface area contributed by atoms with Gasteiger partial charge in [0.2, 0.25) is 0 Å². The molecule has 1 N–H and O–H groups in total. The van der Waals surface area contributed by atoms with Gasteiger partial charge in [0.25, 0.3) is 0 Å². The zero-order chi connectivity index (χ0) is 21.6. The topological polar surface area (TPSA) is 43.3 Å². The Balaban J connectivity index is 0.00000341. The molecule has 31 heavy (non-hydrogen) atoms. The van der Waals surface area contributed by atoms with E-state index >= 15 is 0 Å². The Morgan fingerprint density at radius 1 is 1.03 bits per heavy atom. The van der Waals surface area contributed by atoms with Crippen molar-refractivity contribution in [3.63, 3.8) is 0 Å². The quantitative estimate of drug-likeness (QED) is 0.344. The predicted molar refractivity (Wildman–Crippen MR) is 127 cm³/mol. The lowest BCUT2D eigenvalue weighted by molar-refractivity contribution is -0.181. The highest BCUT2D eigenvalue weighted by Gasteiger charge is 2.41. The van der Waals surface area contributed by atoms with E-state index in [9.17, 15) is 13.2 Å². The largest absolute Gasteiger partial charge is 0.403 e. The van der Waals surface area contributed by atoms with E-state index in [-0.39, 0.29) is 30.0 Å². The number of ether oxygens (including phenoxy) is 1. The highest BCUT2D eigenvalue weighted by molar-refractivity contribution is 14.0. The van der Waals surface area contributed by atoms with Crippen LogP contribution in [0.25, 0.3) is 0 Å². The third-order valence-electron chi connectivity index (χ3n) is 5.97. The van der Waals surface area contributed by atoms with E-state index in [0.29, 0.717) is 32.7 Å². The van der Waals surface area contributed by atoms with Gasteiger partial charge in [-0.3, -0.25) is 14.8 Å². The molecule has 2 atom stereocenters. The van der Waals surface area contributed by atoms with Crippen molar-refractivity contribution in [2.75, 3.05) is 66.1 Å². The lowest BCUT2D eigenvalue weighted by Gasteiger charge is -2.40. The summed E-state index contributed by atoms with van der Waals surface area (Å²) < 4.78 is 44.5. The molecule has 2 fully saturated rings. The minimum absolute atomic E-state index is 0. The van der Waals surface area contributed by atoms with Gasteiger partial charge in [0.15, 0.2) is 5.96 Å². The van der Waals surface area contributed by atoms with E-state index in [1.54, 1.807) is 7.05 Å². The number of halogens is 4. The molecule has 2 aliphatic rings. The average Bonchev–Trinajstić information content (AvgIpc) is 2.77. The lowest BCUT2D eigenvalue weighted by atomic mass is 10.0. The molecule has 2 unspecified atom stereocenters. The van der Waals surface area contributed by atoms with Gasteiger partial charge in [0.1, 0.15) is 6.04 Å². The SMILES string of the molecule is CN=C(NCC(c1ccccc1)N1CCOCC1)N1CCN(C(C)C(F)(F)F)CC1.I. The molecule has 2 heterocycles. The van der Waals surface area contributed by atoms with E-state index < -0.39 is 12.2 Å². The molecule has 0 radical (unpaired) electrons. The number of benzene rings is 1. The van der Waals surface area contributed by atoms with E-state index in [0.717, 1.165) is 32.3 Å². The number of rotatable bonds is 5. The molecule has 6 nitrogen and oxygen atoms in total. The number of morpholine rings is 1. The number of nitrogens with one attached hydrogen (secondary N) is 1. The van der Waals surface area contributed by atoms with Crippen LogP contribution in [0.4, 0.5) is 13.2 Å². The number of nitrogens with zero attached hydrogens (tertiary/aromatic N) is 4. The van der Waals surface area contributed by atoms with Gasteiger partial charge in [-0.2, -0.15) is 13.2 Å². The summed E-state index contributed by atoms with van der Waals surface area (Å²) in [6, 6.07) is 9.10. The first-order valence-corrected chi connectivity index (χ1v) is 10.5. The van der Waals surface area contributed by atoms with E-state index in [2.05, 4.69) is 27.3 Å². The fourth-order valence-electron chi connectivity index (χ4n) is 4.07. The van der Waals surface area contributed by atoms with Crippen molar-refractivity contribution in [1.29, 1.82) is 0 Å². The van der Waals surface area contributed by atoms with Crippen molar-refractivity contribution < 1.29 is 17.9 Å². The molecule has 0 amide bonds. The van der Waals surface area contributed by atoms with E-state index in [1.807, 2.05) is 23.1 Å². The summed E-state index contributed by atoms with van der Waals surface area (Å²) in [5.41, 5.74) is 1.23. The molecule has 2 saturated heterocycles. The Kier molecular flexibility index (Phi) is 10.3. The molecule has 0 aromatic heterocycles. The normalized spacial score (nSPS) is 21.3. The summed E-state index contributed by atoms with van der Waals surface area (Å²) >= 11 is 0. The van der Waals surface area contributed by atoms with Gasteiger partial charge in [0.05, 0.1) is 19.3 Å². The Bertz CT molecular complexity index is 677. The van der Waals surface area contributed by atoms with Crippen LogP contribution in [-0.4, -0.2) is 99.0 Å².